The minimum atomic E-state index is -4.42. The third-order valence-electron chi connectivity index (χ3n) is 4.95. The number of hydrogen-bond acceptors (Lipinski definition) is 8. The maximum Gasteiger partial charge on any atom is 0.416 e. The molecular weight excluding hydrogens is 523 g/mol. The summed E-state index contributed by atoms with van der Waals surface area (Å²) in [5.41, 5.74) is 0.789. The first-order chi connectivity index (χ1) is 17.3. The Bertz CT molecular complexity index is 1310. The second-order valence-corrected chi connectivity index (χ2v) is 8.88. The number of methoxy groups -OCH3 is 1. The van der Waals surface area contributed by atoms with Crippen LogP contribution in [0.1, 0.15) is 16.1 Å². The maximum atomic E-state index is 12.9. The average Bonchev–Trinajstić information content (AvgIpc) is 3.46. The summed E-state index contributed by atoms with van der Waals surface area (Å²) < 4.78 is 60.3. The summed E-state index contributed by atoms with van der Waals surface area (Å²) in [5, 5.41) is 16.1. The van der Waals surface area contributed by atoms with Crippen LogP contribution in [0.2, 0.25) is 5.02 Å². The Kier molecular flexibility index (Phi) is 8.09. The molecule has 13 heteroatoms. The SMILES string of the molecule is COCCOCc1nc(-c2ccc(C(F)(F)F)cc2)sc1COc1ccc(-c2noc[n+]2[O-])c(Cl)c1. The maximum absolute atomic E-state index is 12.9. The van der Waals surface area contributed by atoms with Gasteiger partial charge in [-0.05, 0) is 30.3 Å². The van der Waals surface area contributed by atoms with Crippen molar-refractivity contribution in [1.82, 2.24) is 10.1 Å². The Labute approximate surface area is 212 Å². The van der Waals surface area contributed by atoms with E-state index in [2.05, 4.69) is 14.7 Å². The number of thiazole rings is 1. The lowest BCUT2D eigenvalue weighted by molar-refractivity contribution is -0.598. The van der Waals surface area contributed by atoms with Gasteiger partial charge in [0.25, 0.3) is 0 Å². The predicted octanol–water partition coefficient (Wildman–Crippen LogP) is 5.51. The van der Waals surface area contributed by atoms with Gasteiger partial charge in [0, 0.05) is 12.7 Å². The highest BCUT2D eigenvalue weighted by Crippen LogP contribution is 2.34. The first-order valence-corrected chi connectivity index (χ1v) is 11.6. The molecule has 0 fully saturated rings. The fourth-order valence-corrected chi connectivity index (χ4v) is 4.37. The van der Waals surface area contributed by atoms with Crippen molar-refractivity contribution < 1.29 is 36.6 Å². The summed E-state index contributed by atoms with van der Waals surface area (Å²) in [5.74, 6) is 0.450. The Balaban J connectivity index is 1.53. The lowest BCUT2D eigenvalue weighted by Crippen LogP contribution is -2.25. The highest BCUT2D eigenvalue weighted by Gasteiger charge is 2.30. The number of alkyl halides is 3. The monoisotopic (exact) mass is 541 g/mol. The molecule has 0 aliphatic rings. The van der Waals surface area contributed by atoms with E-state index < -0.39 is 11.7 Å². The standard InChI is InChI=1S/C23H19ClF3N3O5S/c1-32-8-9-33-11-19-20(36-22(28-19)14-2-4-15(5-3-14)23(25,26)27)12-34-16-6-7-17(18(24)10-16)21-29-35-13-30(21)31/h2-7,10,13H,8-9,11-12H2,1H3. The van der Waals surface area contributed by atoms with E-state index in [4.69, 9.17) is 25.8 Å². The first kappa shape index (κ1) is 25.9. The van der Waals surface area contributed by atoms with Gasteiger partial charge in [-0.2, -0.15) is 17.9 Å². The van der Waals surface area contributed by atoms with Crippen molar-refractivity contribution in [3.8, 4) is 27.7 Å². The van der Waals surface area contributed by atoms with Gasteiger partial charge >= 0.3 is 18.4 Å². The van der Waals surface area contributed by atoms with Gasteiger partial charge in [-0.1, -0.05) is 23.7 Å². The van der Waals surface area contributed by atoms with Crippen molar-refractivity contribution in [3.05, 3.63) is 75.2 Å². The van der Waals surface area contributed by atoms with E-state index in [0.717, 1.165) is 23.4 Å². The molecule has 0 N–H and O–H groups in total. The van der Waals surface area contributed by atoms with Crippen LogP contribution in [0.25, 0.3) is 22.0 Å². The van der Waals surface area contributed by atoms with E-state index >= 15 is 0 Å². The molecule has 8 nitrogen and oxygen atoms in total. The minimum Gasteiger partial charge on any atom is -0.708 e. The molecule has 4 rings (SSSR count). The van der Waals surface area contributed by atoms with Crippen LogP contribution in [0.4, 0.5) is 13.2 Å². The molecule has 0 atom stereocenters. The van der Waals surface area contributed by atoms with Crippen LogP contribution < -0.4 is 9.47 Å². The molecule has 0 saturated carbocycles. The smallest absolute Gasteiger partial charge is 0.416 e. The molecule has 0 amide bonds. The molecule has 0 unspecified atom stereocenters. The number of ether oxygens (including phenoxy) is 3. The minimum absolute atomic E-state index is 0.0192. The highest BCUT2D eigenvalue weighted by molar-refractivity contribution is 7.15. The number of aromatic nitrogens is 3. The molecule has 0 spiro atoms. The van der Waals surface area contributed by atoms with Crippen LogP contribution >= 0.6 is 22.9 Å². The Morgan fingerprint density at radius 2 is 1.89 bits per heavy atom. The van der Waals surface area contributed by atoms with Gasteiger partial charge in [0.1, 0.15) is 17.4 Å². The number of nitrogens with zero attached hydrogens (tertiary/aromatic N) is 3. The quantitative estimate of drug-likeness (QED) is 0.148. The fraction of sp³-hybridized carbons (Fsp3) is 0.261. The zero-order valence-electron chi connectivity index (χ0n) is 18.8. The van der Waals surface area contributed by atoms with E-state index in [-0.39, 0.29) is 24.1 Å². The normalized spacial score (nSPS) is 11.7. The zero-order chi connectivity index (χ0) is 25.7. The van der Waals surface area contributed by atoms with Crippen LogP contribution in [-0.2, 0) is 28.9 Å². The van der Waals surface area contributed by atoms with Crippen molar-refractivity contribution in [2.24, 2.45) is 0 Å². The Morgan fingerprint density at radius 3 is 2.53 bits per heavy atom. The molecule has 2 aromatic carbocycles. The molecule has 0 bridgehead atoms. The van der Waals surface area contributed by atoms with Gasteiger partial charge in [0.2, 0.25) is 0 Å². The predicted molar refractivity (Wildman–Crippen MR) is 124 cm³/mol. The third-order valence-corrected chi connectivity index (χ3v) is 6.38. The zero-order valence-corrected chi connectivity index (χ0v) is 20.3. The molecule has 0 radical (unpaired) electrons. The van der Waals surface area contributed by atoms with Crippen molar-refractivity contribution in [1.29, 1.82) is 0 Å². The molecule has 2 aromatic heterocycles. The van der Waals surface area contributed by atoms with Gasteiger partial charge < -0.3 is 19.4 Å². The van der Waals surface area contributed by atoms with Gasteiger partial charge in [-0.25, -0.2) is 9.51 Å². The van der Waals surface area contributed by atoms with Gasteiger partial charge in [0.15, 0.2) is 5.16 Å². The second-order valence-electron chi connectivity index (χ2n) is 7.39. The van der Waals surface area contributed by atoms with Gasteiger partial charge in [-0.3, -0.25) is 0 Å². The number of hydrogen-bond donors (Lipinski definition) is 0. The Morgan fingerprint density at radius 1 is 1.11 bits per heavy atom. The fourth-order valence-electron chi connectivity index (χ4n) is 3.14. The second kappa shape index (κ2) is 11.2. The van der Waals surface area contributed by atoms with Crippen LogP contribution in [0, 0.1) is 5.21 Å². The highest BCUT2D eigenvalue weighted by atomic mass is 35.5. The lowest BCUT2D eigenvalue weighted by atomic mass is 10.1. The summed E-state index contributed by atoms with van der Waals surface area (Å²) in [4.78, 5) is 5.30. The summed E-state index contributed by atoms with van der Waals surface area (Å²) in [7, 11) is 1.56. The summed E-state index contributed by atoms with van der Waals surface area (Å²) in [6, 6.07) is 9.55. The average molecular weight is 542 g/mol. The van der Waals surface area contributed by atoms with E-state index in [1.807, 2.05) is 0 Å². The molecular formula is C23H19ClF3N3O5S. The largest absolute Gasteiger partial charge is 0.708 e. The third kappa shape index (κ3) is 6.13. The van der Waals surface area contributed by atoms with Crippen LogP contribution in [0.15, 0.2) is 53.4 Å². The van der Waals surface area contributed by atoms with Crippen LogP contribution in [0.5, 0.6) is 5.75 Å². The lowest BCUT2D eigenvalue weighted by Gasteiger charge is -2.08. The summed E-state index contributed by atoms with van der Waals surface area (Å²) in [6.45, 7) is 1.04. The van der Waals surface area contributed by atoms with E-state index in [0.29, 0.717) is 45.5 Å². The van der Waals surface area contributed by atoms with Crippen molar-refractivity contribution in [2.45, 2.75) is 19.4 Å². The molecule has 4 aromatic rings. The van der Waals surface area contributed by atoms with Crippen molar-refractivity contribution in [3.63, 3.8) is 0 Å². The molecule has 0 saturated heterocycles. The molecule has 2 heterocycles. The van der Waals surface area contributed by atoms with E-state index in [1.54, 1.807) is 19.2 Å². The molecule has 190 valence electrons. The number of halogens is 4. The van der Waals surface area contributed by atoms with Crippen molar-refractivity contribution >= 4 is 22.9 Å². The molecule has 0 aliphatic heterocycles. The van der Waals surface area contributed by atoms with Gasteiger partial charge in [-0.15, -0.1) is 11.3 Å². The number of rotatable bonds is 10. The van der Waals surface area contributed by atoms with Crippen LogP contribution in [0.3, 0.4) is 0 Å². The van der Waals surface area contributed by atoms with Gasteiger partial charge in [0.05, 0.1) is 46.5 Å². The van der Waals surface area contributed by atoms with E-state index in [1.165, 1.54) is 29.5 Å². The van der Waals surface area contributed by atoms with Crippen molar-refractivity contribution in [2.75, 3.05) is 20.3 Å². The Hall–Kier alpha value is -3.19. The first-order valence-electron chi connectivity index (χ1n) is 10.5. The molecule has 0 aliphatic carbocycles. The van der Waals surface area contributed by atoms with Crippen LogP contribution in [-0.4, -0.2) is 30.5 Å². The van der Waals surface area contributed by atoms with E-state index in [9.17, 15) is 18.4 Å². The molecule has 36 heavy (non-hydrogen) atoms. The topological polar surface area (TPSA) is 93.5 Å². The summed E-state index contributed by atoms with van der Waals surface area (Å²) in [6.07, 6.45) is -3.51. The summed E-state index contributed by atoms with van der Waals surface area (Å²) >= 11 is 7.59. The number of benzene rings is 2.